The van der Waals surface area contributed by atoms with Gasteiger partial charge in [-0.25, -0.2) is 13.2 Å². The Bertz CT molecular complexity index is 1130. The number of Topliss-reactive ketones (excluding diaryl/α,β-unsaturated/α-hetero) is 1. The maximum Gasteiger partial charge on any atom is 0.312 e. The monoisotopic (exact) mass is 473 g/mol. The van der Waals surface area contributed by atoms with Crippen molar-refractivity contribution in [1.29, 1.82) is 0 Å². The molecule has 9 nitrogen and oxygen atoms in total. The average Bonchev–Trinajstić information content (AvgIpc) is 3.33. The number of amides is 2. The third-order valence-electron chi connectivity index (χ3n) is 5.49. The molecule has 1 aliphatic rings. The van der Waals surface area contributed by atoms with Crippen LogP contribution in [-0.2, 0) is 19.6 Å². The summed E-state index contributed by atoms with van der Waals surface area (Å²) in [5, 5.41) is 2.52. The number of nitrogens with one attached hydrogen (secondary N) is 1. The number of sulfonamides is 1. The standard InChI is InChI=1S/C23H27N3O6S/c1-16-6-2-3-7-19(16)20(25-23(24)29)14-22(28)32-15-21(27)17-8-10-18(11-9-17)33(30,31)26-12-4-5-13-26/h2-3,6-11,20H,4-5,12-15H2,1H3,(H3,24,25,29). The molecule has 2 aromatic carbocycles. The second kappa shape index (κ2) is 10.6. The molecule has 1 atom stereocenters. The summed E-state index contributed by atoms with van der Waals surface area (Å²) in [4.78, 5) is 36.3. The lowest BCUT2D eigenvalue weighted by molar-refractivity contribution is -0.143. The molecular formula is C23H27N3O6S. The van der Waals surface area contributed by atoms with Gasteiger partial charge in [0.25, 0.3) is 0 Å². The van der Waals surface area contributed by atoms with Crippen molar-refractivity contribution in [1.82, 2.24) is 9.62 Å². The average molecular weight is 474 g/mol. The van der Waals surface area contributed by atoms with Crippen molar-refractivity contribution in [3.8, 4) is 0 Å². The lowest BCUT2D eigenvalue weighted by Crippen LogP contribution is -2.35. The van der Waals surface area contributed by atoms with Crippen LogP contribution in [0.2, 0.25) is 0 Å². The number of nitrogens with zero attached hydrogens (tertiary/aromatic N) is 1. The summed E-state index contributed by atoms with van der Waals surface area (Å²) in [5.41, 5.74) is 7.05. The summed E-state index contributed by atoms with van der Waals surface area (Å²) in [6.07, 6.45) is 1.47. The van der Waals surface area contributed by atoms with Gasteiger partial charge in [-0.1, -0.05) is 24.3 Å². The predicted octanol–water partition coefficient (Wildman–Crippen LogP) is 2.31. The molecule has 176 valence electrons. The first-order valence-electron chi connectivity index (χ1n) is 10.6. The van der Waals surface area contributed by atoms with Crippen LogP contribution >= 0.6 is 0 Å². The number of hydrogen-bond donors (Lipinski definition) is 2. The SMILES string of the molecule is Cc1ccccc1C(CC(=O)OCC(=O)c1ccc(S(=O)(=O)N2CCCC2)cc1)NC(N)=O. The van der Waals surface area contributed by atoms with E-state index >= 15 is 0 Å². The fourth-order valence-electron chi connectivity index (χ4n) is 3.73. The Morgan fingerprint density at radius 3 is 2.30 bits per heavy atom. The number of aryl methyl sites for hydroxylation is 1. The van der Waals surface area contributed by atoms with Crippen LogP contribution in [0.25, 0.3) is 0 Å². The van der Waals surface area contributed by atoms with Crippen LogP contribution in [0.5, 0.6) is 0 Å². The molecule has 1 fully saturated rings. The predicted molar refractivity (Wildman–Crippen MR) is 121 cm³/mol. The van der Waals surface area contributed by atoms with E-state index in [1.807, 2.05) is 19.1 Å². The Kier molecular flexibility index (Phi) is 7.83. The Morgan fingerprint density at radius 1 is 1.06 bits per heavy atom. The summed E-state index contributed by atoms with van der Waals surface area (Å²) in [6, 6.07) is 11.3. The van der Waals surface area contributed by atoms with Gasteiger partial charge < -0.3 is 15.8 Å². The minimum absolute atomic E-state index is 0.122. The topological polar surface area (TPSA) is 136 Å². The summed E-state index contributed by atoms with van der Waals surface area (Å²) in [6.45, 7) is 2.32. The van der Waals surface area contributed by atoms with E-state index in [0.29, 0.717) is 13.1 Å². The molecule has 2 amide bonds. The zero-order valence-corrected chi connectivity index (χ0v) is 19.1. The minimum Gasteiger partial charge on any atom is -0.457 e. The Balaban J connectivity index is 1.59. The number of esters is 1. The molecule has 1 aliphatic heterocycles. The molecule has 1 saturated heterocycles. The van der Waals surface area contributed by atoms with Crippen LogP contribution in [0.3, 0.4) is 0 Å². The third kappa shape index (κ3) is 6.17. The fourth-order valence-corrected chi connectivity index (χ4v) is 5.25. The lowest BCUT2D eigenvalue weighted by Gasteiger charge is -2.19. The molecule has 1 unspecified atom stereocenters. The normalized spacial score (nSPS) is 15.1. The molecule has 0 saturated carbocycles. The maximum atomic E-state index is 12.6. The highest BCUT2D eigenvalue weighted by Crippen LogP contribution is 2.22. The van der Waals surface area contributed by atoms with Gasteiger partial charge in [-0.15, -0.1) is 0 Å². The van der Waals surface area contributed by atoms with E-state index in [2.05, 4.69) is 5.32 Å². The van der Waals surface area contributed by atoms with E-state index in [1.165, 1.54) is 28.6 Å². The van der Waals surface area contributed by atoms with Crippen LogP contribution in [0, 0.1) is 6.92 Å². The minimum atomic E-state index is -3.57. The van der Waals surface area contributed by atoms with Crippen LogP contribution in [-0.4, -0.2) is 50.2 Å². The van der Waals surface area contributed by atoms with E-state index in [9.17, 15) is 22.8 Å². The molecule has 0 spiro atoms. The highest BCUT2D eigenvalue weighted by Gasteiger charge is 2.27. The van der Waals surface area contributed by atoms with Crippen LogP contribution in [0.1, 0.15) is 46.8 Å². The molecule has 10 heteroatoms. The summed E-state index contributed by atoms with van der Waals surface area (Å²) < 4.78 is 31.7. The zero-order valence-electron chi connectivity index (χ0n) is 18.3. The molecule has 0 bridgehead atoms. The number of nitrogens with two attached hydrogens (primary N) is 1. The van der Waals surface area contributed by atoms with Crippen molar-refractivity contribution in [2.24, 2.45) is 5.73 Å². The number of hydrogen-bond acceptors (Lipinski definition) is 6. The van der Waals surface area contributed by atoms with Crippen molar-refractivity contribution < 1.29 is 27.5 Å². The quantitative estimate of drug-likeness (QED) is 0.424. The lowest BCUT2D eigenvalue weighted by atomic mass is 9.99. The molecule has 1 heterocycles. The third-order valence-corrected chi connectivity index (χ3v) is 7.41. The van der Waals surface area contributed by atoms with Gasteiger partial charge >= 0.3 is 12.0 Å². The largest absolute Gasteiger partial charge is 0.457 e. The molecular weight excluding hydrogens is 446 g/mol. The molecule has 2 aromatic rings. The van der Waals surface area contributed by atoms with E-state index in [1.54, 1.807) is 12.1 Å². The van der Waals surface area contributed by atoms with E-state index in [-0.39, 0.29) is 16.9 Å². The second-order valence-electron chi connectivity index (χ2n) is 7.84. The van der Waals surface area contributed by atoms with Crippen LogP contribution in [0.15, 0.2) is 53.4 Å². The first-order chi connectivity index (χ1) is 15.7. The van der Waals surface area contributed by atoms with Crippen molar-refractivity contribution in [2.75, 3.05) is 19.7 Å². The molecule has 0 aromatic heterocycles. The highest BCUT2D eigenvalue weighted by atomic mass is 32.2. The van der Waals surface area contributed by atoms with Crippen molar-refractivity contribution >= 4 is 27.8 Å². The van der Waals surface area contributed by atoms with E-state index < -0.39 is 40.5 Å². The van der Waals surface area contributed by atoms with Gasteiger partial charge in [0.2, 0.25) is 10.0 Å². The number of carbonyl (C=O) groups excluding carboxylic acids is 3. The maximum absolute atomic E-state index is 12.6. The van der Waals surface area contributed by atoms with Gasteiger partial charge in [0.05, 0.1) is 17.4 Å². The van der Waals surface area contributed by atoms with Crippen molar-refractivity contribution in [2.45, 2.75) is 37.1 Å². The van der Waals surface area contributed by atoms with Crippen LogP contribution in [0.4, 0.5) is 4.79 Å². The zero-order chi connectivity index (χ0) is 24.0. The number of ketones is 1. The highest BCUT2D eigenvalue weighted by molar-refractivity contribution is 7.89. The van der Waals surface area contributed by atoms with Gasteiger partial charge in [-0.2, -0.15) is 4.31 Å². The Hall–Kier alpha value is -3.24. The van der Waals surface area contributed by atoms with Crippen LogP contribution < -0.4 is 11.1 Å². The number of ether oxygens (including phenoxy) is 1. The van der Waals surface area contributed by atoms with Gasteiger partial charge in [-0.05, 0) is 55.2 Å². The van der Waals surface area contributed by atoms with E-state index in [4.69, 9.17) is 10.5 Å². The van der Waals surface area contributed by atoms with E-state index in [0.717, 1.165) is 24.0 Å². The van der Waals surface area contributed by atoms with Crippen molar-refractivity contribution in [3.63, 3.8) is 0 Å². The summed E-state index contributed by atoms with van der Waals surface area (Å²) in [7, 11) is -3.57. The van der Waals surface area contributed by atoms with Gasteiger partial charge in [0.15, 0.2) is 12.4 Å². The smallest absolute Gasteiger partial charge is 0.312 e. The molecule has 33 heavy (non-hydrogen) atoms. The number of carbonyl (C=O) groups is 3. The second-order valence-corrected chi connectivity index (χ2v) is 9.78. The number of rotatable bonds is 9. The molecule has 0 aliphatic carbocycles. The summed E-state index contributed by atoms with van der Waals surface area (Å²) >= 11 is 0. The number of primary amides is 1. The Labute approximate surface area is 193 Å². The van der Waals surface area contributed by atoms with Gasteiger partial charge in [0.1, 0.15) is 0 Å². The number of urea groups is 1. The van der Waals surface area contributed by atoms with Gasteiger partial charge in [-0.3, -0.25) is 9.59 Å². The first kappa shape index (κ1) is 24.4. The molecule has 3 N–H and O–H groups in total. The molecule has 3 rings (SSSR count). The van der Waals surface area contributed by atoms with Gasteiger partial charge in [0, 0.05) is 18.7 Å². The first-order valence-corrected chi connectivity index (χ1v) is 12.0. The molecule has 0 radical (unpaired) electrons. The Morgan fingerprint density at radius 2 is 1.70 bits per heavy atom. The fraction of sp³-hybridized carbons (Fsp3) is 0.348. The van der Waals surface area contributed by atoms with Crippen molar-refractivity contribution in [3.05, 3.63) is 65.2 Å². The number of benzene rings is 2. The summed E-state index contributed by atoms with van der Waals surface area (Å²) in [5.74, 6) is -1.15.